The van der Waals surface area contributed by atoms with Gasteiger partial charge in [-0.2, -0.15) is 0 Å². The van der Waals surface area contributed by atoms with Gasteiger partial charge in [0.1, 0.15) is 11.4 Å². The highest BCUT2D eigenvalue weighted by atomic mass is 16.5. The second-order valence-electron chi connectivity index (χ2n) is 4.27. The van der Waals surface area contributed by atoms with Crippen molar-refractivity contribution >= 4 is 5.65 Å². The Bertz CT molecular complexity index is 683. The molecule has 0 saturated heterocycles. The fourth-order valence-corrected chi connectivity index (χ4v) is 2.03. The quantitative estimate of drug-likeness (QED) is 0.684. The third-order valence-electron chi connectivity index (χ3n) is 3.09. The summed E-state index contributed by atoms with van der Waals surface area (Å²) in [7, 11) is 1.67. The van der Waals surface area contributed by atoms with Crippen LogP contribution in [-0.2, 0) is 0 Å². The maximum absolute atomic E-state index is 5.16. The lowest BCUT2D eigenvalue weighted by Gasteiger charge is -2.04. The number of methoxy groups -OCH3 is 1. The molecule has 0 radical (unpaired) electrons. The number of nitrogens with zero attached hydrogens (tertiary/aromatic N) is 2. The van der Waals surface area contributed by atoms with Crippen LogP contribution in [0.1, 0.15) is 5.56 Å². The van der Waals surface area contributed by atoms with Gasteiger partial charge in [0.05, 0.1) is 12.8 Å². The standard InChI is InChI=1S/C15H14N2O/c1-11-7-9-17-10-8-14(16-15(11)17)12-3-5-13(18-2)6-4-12/h3-10H,1-2H3. The van der Waals surface area contributed by atoms with Gasteiger partial charge in [0.15, 0.2) is 0 Å². The number of benzene rings is 1. The molecular formula is C15H14N2O. The molecule has 0 bridgehead atoms. The Hall–Kier alpha value is -2.29. The van der Waals surface area contributed by atoms with Gasteiger partial charge in [0, 0.05) is 18.0 Å². The normalized spacial score (nSPS) is 10.8. The van der Waals surface area contributed by atoms with Gasteiger partial charge >= 0.3 is 0 Å². The van der Waals surface area contributed by atoms with E-state index in [0.29, 0.717) is 0 Å². The number of rotatable bonds is 2. The van der Waals surface area contributed by atoms with Gasteiger partial charge in [0.2, 0.25) is 0 Å². The Morgan fingerprint density at radius 1 is 1.00 bits per heavy atom. The molecular weight excluding hydrogens is 224 g/mol. The van der Waals surface area contributed by atoms with E-state index in [9.17, 15) is 0 Å². The molecule has 0 spiro atoms. The SMILES string of the molecule is COc1ccc(-c2ccn3ccc(C)c3n2)cc1. The third-order valence-corrected chi connectivity index (χ3v) is 3.09. The summed E-state index contributed by atoms with van der Waals surface area (Å²) in [5.41, 5.74) is 4.26. The summed E-state index contributed by atoms with van der Waals surface area (Å²) in [4.78, 5) is 4.68. The molecule has 3 aromatic rings. The fourth-order valence-electron chi connectivity index (χ4n) is 2.03. The van der Waals surface area contributed by atoms with E-state index in [2.05, 4.69) is 18.0 Å². The van der Waals surface area contributed by atoms with Gasteiger partial charge in [-0.3, -0.25) is 0 Å². The molecule has 0 aliphatic carbocycles. The van der Waals surface area contributed by atoms with Crippen molar-refractivity contribution in [2.75, 3.05) is 7.11 Å². The van der Waals surface area contributed by atoms with E-state index in [4.69, 9.17) is 4.74 Å². The lowest BCUT2D eigenvalue weighted by Crippen LogP contribution is -1.90. The first-order valence-corrected chi connectivity index (χ1v) is 5.86. The van der Waals surface area contributed by atoms with E-state index >= 15 is 0 Å². The average Bonchev–Trinajstić information content (AvgIpc) is 2.80. The molecule has 18 heavy (non-hydrogen) atoms. The highest BCUT2D eigenvalue weighted by Gasteiger charge is 2.03. The van der Waals surface area contributed by atoms with Gasteiger partial charge in [-0.25, -0.2) is 4.98 Å². The van der Waals surface area contributed by atoms with E-state index in [0.717, 1.165) is 22.7 Å². The zero-order valence-corrected chi connectivity index (χ0v) is 10.4. The lowest BCUT2D eigenvalue weighted by atomic mass is 10.1. The van der Waals surface area contributed by atoms with Crippen molar-refractivity contribution in [3.05, 3.63) is 54.4 Å². The second kappa shape index (κ2) is 4.18. The van der Waals surface area contributed by atoms with E-state index < -0.39 is 0 Å². The molecule has 2 aromatic heterocycles. The molecule has 3 rings (SSSR count). The summed E-state index contributed by atoms with van der Waals surface area (Å²) < 4.78 is 7.19. The fraction of sp³-hybridized carbons (Fsp3) is 0.133. The Balaban J connectivity index is 2.09. The predicted octanol–water partition coefficient (Wildman–Crippen LogP) is 3.32. The first kappa shape index (κ1) is 10.8. The molecule has 3 nitrogen and oxygen atoms in total. The summed E-state index contributed by atoms with van der Waals surface area (Å²) in [6.45, 7) is 2.07. The number of ether oxygens (including phenoxy) is 1. The van der Waals surface area contributed by atoms with Gasteiger partial charge in [-0.15, -0.1) is 0 Å². The molecule has 0 amide bonds. The molecule has 0 N–H and O–H groups in total. The zero-order chi connectivity index (χ0) is 12.5. The van der Waals surface area contributed by atoms with Gasteiger partial charge in [0.25, 0.3) is 0 Å². The van der Waals surface area contributed by atoms with Crippen LogP contribution in [0, 0.1) is 6.92 Å². The number of aromatic nitrogens is 2. The van der Waals surface area contributed by atoms with Crippen LogP contribution in [0.4, 0.5) is 0 Å². The minimum atomic E-state index is 0.860. The first-order chi connectivity index (χ1) is 8.78. The summed E-state index contributed by atoms with van der Waals surface area (Å²) in [6.07, 6.45) is 4.06. The first-order valence-electron chi connectivity index (χ1n) is 5.86. The van der Waals surface area contributed by atoms with Crippen molar-refractivity contribution in [1.29, 1.82) is 0 Å². The maximum atomic E-state index is 5.16. The van der Waals surface area contributed by atoms with Gasteiger partial charge in [-0.1, -0.05) is 0 Å². The predicted molar refractivity (Wildman–Crippen MR) is 71.9 cm³/mol. The molecule has 0 atom stereocenters. The average molecular weight is 238 g/mol. The van der Waals surface area contributed by atoms with E-state index in [1.165, 1.54) is 5.56 Å². The largest absolute Gasteiger partial charge is 0.497 e. The van der Waals surface area contributed by atoms with Crippen molar-refractivity contribution in [2.45, 2.75) is 6.92 Å². The number of aryl methyl sites for hydroxylation is 1. The second-order valence-corrected chi connectivity index (χ2v) is 4.27. The Morgan fingerprint density at radius 3 is 2.44 bits per heavy atom. The van der Waals surface area contributed by atoms with Gasteiger partial charge in [-0.05, 0) is 48.9 Å². The van der Waals surface area contributed by atoms with Crippen LogP contribution < -0.4 is 4.74 Å². The zero-order valence-electron chi connectivity index (χ0n) is 10.4. The van der Waals surface area contributed by atoms with Crippen LogP contribution in [0.3, 0.4) is 0 Å². The van der Waals surface area contributed by atoms with Crippen LogP contribution in [-0.4, -0.2) is 16.5 Å². The molecule has 0 fully saturated rings. The molecule has 0 aliphatic heterocycles. The highest BCUT2D eigenvalue weighted by molar-refractivity contribution is 5.63. The van der Waals surface area contributed by atoms with Crippen molar-refractivity contribution in [2.24, 2.45) is 0 Å². The number of hydrogen-bond donors (Lipinski definition) is 0. The van der Waals surface area contributed by atoms with Crippen LogP contribution in [0.25, 0.3) is 16.9 Å². The van der Waals surface area contributed by atoms with Crippen LogP contribution >= 0.6 is 0 Å². The Kier molecular flexibility index (Phi) is 2.52. The Morgan fingerprint density at radius 2 is 1.72 bits per heavy atom. The van der Waals surface area contributed by atoms with E-state index in [-0.39, 0.29) is 0 Å². The summed E-state index contributed by atoms with van der Waals surface area (Å²) in [6, 6.07) is 12.0. The minimum absolute atomic E-state index is 0.860. The van der Waals surface area contributed by atoms with E-state index in [1.807, 2.05) is 47.1 Å². The number of hydrogen-bond acceptors (Lipinski definition) is 2. The van der Waals surface area contributed by atoms with Crippen molar-refractivity contribution < 1.29 is 4.74 Å². The van der Waals surface area contributed by atoms with Crippen LogP contribution in [0.2, 0.25) is 0 Å². The molecule has 1 aromatic carbocycles. The summed E-state index contributed by atoms with van der Waals surface area (Å²) >= 11 is 0. The minimum Gasteiger partial charge on any atom is -0.497 e. The highest BCUT2D eigenvalue weighted by Crippen LogP contribution is 2.22. The van der Waals surface area contributed by atoms with Crippen LogP contribution in [0.15, 0.2) is 48.8 Å². The lowest BCUT2D eigenvalue weighted by molar-refractivity contribution is 0.415. The molecule has 0 saturated carbocycles. The van der Waals surface area contributed by atoms with Crippen molar-refractivity contribution in [3.63, 3.8) is 0 Å². The van der Waals surface area contributed by atoms with E-state index in [1.54, 1.807) is 7.11 Å². The van der Waals surface area contributed by atoms with Crippen molar-refractivity contribution in [3.8, 4) is 17.0 Å². The topological polar surface area (TPSA) is 26.5 Å². The molecule has 2 heterocycles. The third kappa shape index (κ3) is 1.74. The summed E-state index contributed by atoms with van der Waals surface area (Å²) in [5.74, 6) is 0.860. The maximum Gasteiger partial charge on any atom is 0.140 e. The molecule has 90 valence electrons. The monoisotopic (exact) mass is 238 g/mol. The molecule has 0 aliphatic rings. The smallest absolute Gasteiger partial charge is 0.140 e. The summed E-state index contributed by atoms with van der Waals surface area (Å²) in [5, 5.41) is 0. The van der Waals surface area contributed by atoms with Crippen LogP contribution in [0.5, 0.6) is 5.75 Å². The van der Waals surface area contributed by atoms with Crippen molar-refractivity contribution in [1.82, 2.24) is 9.38 Å². The number of fused-ring (bicyclic) bond motifs is 1. The Labute approximate surface area is 106 Å². The molecule has 3 heteroatoms. The molecule has 0 unspecified atom stereocenters. The van der Waals surface area contributed by atoms with Gasteiger partial charge < -0.3 is 9.14 Å².